The molecular weight excluding hydrogens is 304 g/mol. The molecule has 0 aliphatic heterocycles. The van der Waals surface area contributed by atoms with E-state index in [-0.39, 0.29) is 5.25 Å². The van der Waals surface area contributed by atoms with Crippen molar-refractivity contribution in [2.24, 2.45) is 0 Å². The van der Waals surface area contributed by atoms with Crippen LogP contribution in [0.25, 0.3) is 0 Å². The number of hydrogen-bond acceptors (Lipinski definition) is 1. The van der Waals surface area contributed by atoms with Crippen LogP contribution in [0.1, 0.15) is 73.6 Å². The van der Waals surface area contributed by atoms with E-state index in [1.165, 1.54) is 22.3 Å². The van der Waals surface area contributed by atoms with Gasteiger partial charge in [0.1, 0.15) is 0 Å². The quantitative estimate of drug-likeness (QED) is 0.372. The highest BCUT2D eigenvalue weighted by Gasteiger charge is 2.11. The summed E-state index contributed by atoms with van der Waals surface area (Å²) in [5, 5.41) is -0.305. The Kier molecular flexibility index (Phi) is 12.0. The Bertz CT molecular complexity index is 488. The number of rotatable bonds is 10. The number of hydrogen-bond donors (Lipinski definition) is 1. The van der Waals surface area contributed by atoms with Crippen molar-refractivity contribution in [1.82, 2.24) is 0 Å². The normalized spacial score (nSPS) is 15.1. The molecule has 132 valence electrons. The molecule has 0 saturated heterocycles. The Morgan fingerprint density at radius 2 is 1.35 bits per heavy atom. The summed E-state index contributed by atoms with van der Waals surface area (Å²) >= 11 is -1.82. The van der Waals surface area contributed by atoms with Gasteiger partial charge < -0.3 is 4.55 Å². The van der Waals surface area contributed by atoms with Crippen LogP contribution in [-0.4, -0.2) is 14.0 Å². The van der Waals surface area contributed by atoms with E-state index in [0.717, 1.165) is 25.7 Å². The molecule has 0 fully saturated rings. The maximum Gasteiger partial charge on any atom is 0.160 e. The van der Waals surface area contributed by atoms with Crippen LogP contribution in [0.3, 0.4) is 0 Å². The molecule has 0 spiro atoms. The average Bonchev–Trinajstić information content (AvgIpc) is 2.42. The van der Waals surface area contributed by atoms with Gasteiger partial charge in [0.15, 0.2) is 11.1 Å². The van der Waals surface area contributed by atoms with Crippen molar-refractivity contribution in [1.29, 1.82) is 0 Å². The third kappa shape index (κ3) is 13.2. The van der Waals surface area contributed by atoms with Crippen LogP contribution < -0.4 is 0 Å². The van der Waals surface area contributed by atoms with E-state index in [1.54, 1.807) is 0 Å². The van der Waals surface area contributed by atoms with Gasteiger partial charge in [0, 0.05) is 0 Å². The van der Waals surface area contributed by atoms with Gasteiger partial charge >= 0.3 is 0 Å². The molecular formula is C20H34O2S. The third-order valence-corrected chi connectivity index (χ3v) is 4.46. The second-order valence-corrected chi connectivity index (χ2v) is 7.91. The predicted molar refractivity (Wildman–Crippen MR) is 104 cm³/mol. The van der Waals surface area contributed by atoms with Crippen LogP contribution in [0.2, 0.25) is 0 Å². The van der Waals surface area contributed by atoms with Crippen molar-refractivity contribution in [3.05, 3.63) is 46.6 Å². The first kappa shape index (κ1) is 22.1. The van der Waals surface area contributed by atoms with Gasteiger partial charge in [-0.15, -0.1) is 0 Å². The third-order valence-electron chi connectivity index (χ3n) is 3.61. The average molecular weight is 339 g/mol. The smallest absolute Gasteiger partial charge is 0.160 e. The van der Waals surface area contributed by atoms with Gasteiger partial charge in [-0.05, 0) is 73.6 Å². The first-order chi connectivity index (χ1) is 10.7. The summed E-state index contributed by atoms with van der Waals surface area (Å²) in [5.74, 6) is 0. The lowest BCUT2D eigenvalue weighted by molar-refractivity contribution is 0.555. The molecule has 0 saturated carbocycles. The van der Waals surface area contributed by atoms with Crippen LogP contribution in [0.5, 0.6) is 0 Å². The van der Waals surface area contributed by atoms with Gasteiger partial charge in [-0.1, -0.05) is 46.6 Å². The minimum absolute atomic E-state index is 0.305. The topological polar surface area (TPSA) is 37.3 Å². The largest absolute Gasteiger partial charge is 0.306 e. The summed E-state index contributed by atoms with van der Waals surface area (Å²) in [4.78, 5) is 0. The second kappa shape index (κ2) is 12.5. The van der Waals surface area contributed by atoms with E-state index in [4.69, 9.17) is 0 Å². The fourth-order valence-electron chi connectivity index (χ4n) is 2.21. The minimum Gasteiger partial charge on any atom is -0.306 e. The molecule has 0 aromatic rings. The second-order valence-electron chi connectivity index (χ2n) is 6.75. The van der Waals surface area contributed by atoms with Gasteiger partial charge in [-0.25, -0.2) is 4.21 Å². The van der Waals surface area contributed by atoms with E-state index >= 15 is 0 Å². The maximum absolute atomic E-state index is 11.5. The first-order valence-electron chi connectivity index (χ1n) is 8.41. The SMILES string of the molecule is CC(C)=CCC/C(C)=C/CC(/C=C(\C)CCC=C(C)C)S(=O)O. The highest BCUT2D eigenvalue weighted by Crippen LogP contribution is 2.15. The molecule has 0 bridgehead atoms. The Morgan fingerprint density at radius 1 is 0.870 bits per heavy atom. The van der Waals surface area contributed by atoms with E-state index in [9.17, 15) is 8.76 Å². The summed E-state index contributed by atoms with van der Waals surface area (Å²) in [6, 6.07) is 0. The van der Waals surface area contributed by atoms with Gasteiger partial charge in [-0.2, -0.15) is 0 Å². The fourth-order valence-corrected chi connectivity index (χ4v) is 2.82. The highest BCUT2D eigenvalue weighted by atomic mass is 32.2. The monoisotopic (exact) mass is 338 g/mol. The lowest BCUT2D eigenvalue weighted by Gasteiger charge is -2.09. The molecule has 0 heterocycles. The molecule has 3 heteroatoms. The fraction of sp³-hybridized carbons (Fsp3) is 0.600. The van der Waals surface area contributed by atoms with Crippen LogP contribution in [0.15, 0.2) is 46.6 Å². The molecule has 0 amide bonds. The Labute approximate surface area is 145 Å². The van der Waals surface area contributed by atoms with Gasteiger partial charge in [-0.3, -0.25) is 0 Å². The molecule has 2 nitrogen and oxygen atoms in total. The molecule has 0 aromatic heterocycles. The molecule has 0 radical (unpaired) electrons. The van der Waals surface area contributed by atoms with Gasteiger partial charge in [0.05, 0.1) is 5.25 Å². The summed E-state index contributed by atoms with van der Waals surface area (Å²) in [6.07, 6.45) is 13.1. The van der Waals surface area contributed by atoms with Gasteiger partial charge in [0.2, 0.25) is 0 Å². The lowest BCUT2D eigenvalue weighted by Crippen LogP contribution is -2.11. The van der Waals surface area contributed by atoms with E-state index in [1.807, 2.05) is 13.0 Å². The Hall–Kier alpha value is -0.930. The van der Waals surface area contributed by atoms with Crippen LogP contribution in [0.4, 0.5) is 0 Å². The van der Waals surface area contributed by atoms with Crippen molar-refractivity contribution in [3.63, 3.8) is 0 Å². The molecule has 2 unspecified atom stereocenters. The first-order valence-corrected chi connectivity index (χ1v) is 9.58. The molecule has 0 aliphatic carbocycles. The van der Waals surface area contributed by atoms with Crippen molar-refractivity contribution in [2.45, 2.75) is 78.9 Å². The molecule has 23 heavy (non-hydrogen) atoms. The van der Waals surface area contributed by atoms with E-state index in [0.29, 0.717) is 6.42 Å². The molecule has 2 atom stereocenters. The van der Waals surface area contributed by atoms with Crippen LogP contribution in [-0.2, 0) is 11.1 Å². The molecule has 0 rings (SSSR count). The summed E-state index contributed by atoms with van der Waals surface area (Å²) < 4.78 is 21.1. The van der Waals surface area contributed by atoms with Crippen LogP contribution in [0, 0.1) is 0 Å². The minimum atomic E-state index is -1.82. The zero-order valence-corrected chi connectivity index (χ0v) is 16.5. The summed E-state index contributed by atoms with van der Waals surface area (Å²) in [6.45, 7) is 12.5. The lowest BCUT2D eigenvalue weighted by atomic mass is 10.1. The zero-order chi connectivity index (χ0) is 17.8. The molecule has 1 N–H and O–H groups in total. The highest BCUT2D eigenvalue weighted by molar-refractivity contribution is 7.80. The molecule has 0 aromatic carbocycles. The summed E-state index contributed by atoms with van der Waals surface area (Å²) in [7, 11) is 0. The van der Waals surface area contributed by atoms with Crippen LogP contribution >= 0.6 is 0 Å². The van der Waals surface area contributed by atoms with Crippen molar-refractivity contribution in [2.75, 3.05) is 0 Å². The van der Waals surface area contributed by atoms with Crippen molar-refractivity contribution >= 4 is 11.1 Å². The van der Waals surface area contributed by atoms with Crippen molar-refractivity contribution in [3.8, 4) is 0 Å². The predicted octanol–water partition coefficient (Wildman–Crippen LogP) is 6.35. The van der Waals surface area contributed by atoms with Crippen molar-refractivity contribution < 1.29 is 8.76 Å². The molecule has 0 aliphatic rings. The van der Waals surface area contributed by atoms with E-state index < -0.39 is 11.1 Å². The standard InChI is InChI=1S/C20H34O2S/c1-16(2)9-7-11-18(5)13-14-20(23(21)22)15-19(6)12-8-10-17(3)4/h9-10,13,15,20H,7-8,11-12,14H2,1-6H3,(H,21,22)/b18-13+,19-15+. The summed E-state index contributed by atoms with van der Waals surface area (Å²) in [5.41, 5.74) is 5.12. The Morgan fingerprint density at radius 3 is 1.78 bits per heavy atom. The van der Waals surface area contributed by atoms with E-state index in [2.05, 4.69) is 52.8 Å². The Balaban J connectivity index is 4.59. The number of allylic oxidation sites excluding steroid dienone is 7. The zero-order valence-electron chi connectivity index (χ0n) is 15.7. The maximum atomic E-state index is 11.5. The van der Waals surface area contributed by atoms with Gasteiger partial charge in [0.25, 0.3) is 0 Å².